The van der Waals surface area contributed by atoms with Crippen LogP contribution >= 0.6 is 0 Å². The molecule has 0 N–H and O–H groups in total. The van der Waals surface area contributed by atoms with Crippen LogP contribution in [0, 0.1) is 18.3 Å². The molecule has 33 heavy (non-hydrogen) atoms. The van der Waals surface area contributed by atoms with E-state index in [1.165, 1.54) is 7.11 Å². The van der Waals surface area contributed by atoms with E-state index in [2.05, 4.69) is 47.6 Å². The normalized spacial score (nSPS) is 14.7. The van der Waals surface area contributed by atoms with E-state index in [0.717, 1.165) is 5.56 Å². The van der Waals surface area contributed by atoms with Crippen molar-refractivity contribution in [3.63, 3.8) is 0 Å². The molecule has 2 aromatic rings. The molecule has 5 nitrogen and oxygen atoms in total. The first-order valence-electron chi connectivity index (χ1n) is 11.3. The molecule has 7 heteroatoms. The molecule has 178 valence electrons. The van der Waals surface area contributed by atoms with Gasteiger partial charge in [0.2, 0.25) is 8.32 Å². The third-order valence-electron chi connectivity index (χ3n) is 6.37. The largest absolute Gasteiger partial charge is 0.466 e. The Labute approximate surface area is 201 Å². The summed E-state index contributed by atoms with van der Waals surface area (Å²) >= 11 is 0. The fraction of sp³-hybridized carbons (Fsp3) is 0.462. The van der Waals surface area contributed by atoms with Gasteiger partial charge in [-0.1, -0.05) is 77.4 Å². The average Bonchev–Trinajstić information content (AvgIpc) is 2.79. The highest BCUT2D eigenvalue weighted by molar-refractivity contribution is 7.85. The minimum Gasteiger partial charge on any atom is -0.466 e. The monoisotopic (exact) mass is 485 g/mol. The molecule has 0 radical (unpaired) electrons. The van der Waals surface area contributed by atoms with Gasteiger partial charge in [0, 0.05) is 10.5 Å². The number of nitriles is 1. The number of esters is 1. The predicted molar refractivity (Wildman–Crippen MR) is 134 cm³/mol. The van der Waals surface area contributed by atoms with Crippen molar-refractivity contribution in [1.29, 1.82) is 5.26 Å². The fourth-order valence-electron chi connectivity index (χ4n) is 4.81. The topological polar surface area (TPSA) is 76.4 Å². The van der Waals surface area contributed by atoms with Crippen molar-refractivity contribution < 1.29 is 18.2 Å². The smallest absolute Gasteiger partial charge is 0.357 e. The number of benzene rings is 2. The quantitative estimate of drug-likeness (QED) is 0.310. The van der Waals surface area contributed by atoms with Gasteiger partial charge in [0.15, 0.2) is 0 Å². The van der Waals surface area contributed by atoms with E-state index in [1.54, 1.807) is 36.4 Å². The number of carbonyl (C=O) groups is 1. The Morgan fingerprint density at radius 1 is 0.970 bits per heavy atom. The van der Waals surface area contributed by atoms with Crippen molar-refractivity contribution in [2.45, 2.75) is 80.5 Å². The third-order valence-corrected chi connectivity index (χ3v) is 13.9. The average molecular weight is 486 g/mol. The van der Waals surface area contributed by atoms with E-state index in [1.807, 2.05) is 19.1 Å². The Morgan fingerprint density at radius 2 is 1.48 bits per heavy atom. The summed E-state index contributed by atoms with van der Waals surface area (Å²) in [7, 11) is -3.08. The lowest BCUT2D eigenvalue weighted by molar-refractivity contribution is -0.156. The second kappa shape index (κ2) is 10.8. The zero-order valence-corrected chi connectivity index (χ0v) is 22.7. The van der Waals surface area contributed by atoms with Crippen molar-refractivity contribution in [1.82, 2.24) is 0 Å². The van der Waals surface area contributed by atoms with Gasteiger partial charge >= 0.3 is 5.97 Å². The molecule has 0 saturated carbocycles. The first-order valence-corrected chi connectivity index (χ1v) is 14.5. The standard InChI is InChI=1S/C26H35NO4SSi/c1-18(2)33(19(3)4,20(5)6)31-26(17-27,25(28)30-8)23-11-9-10-12-24(23)32(29)22-15-13-21(7)14-16-22/h9-16,18-20H,1-8H3/t26-,32?/m1/s1. The molecule has 0 aliphatic rings. The van der Waals surface area contributed by atoms with Gasteiger partial charge in [-0.2, -0.15) is 5.26 Å². The lowest BCUT2D eigenvalue weighted by Gasteiger charge is -2.46. The van der Waals surface area contributed by atoms with E-state index in [4.69, 9.17) is 9.16 Å². The summed E-state index contributed by atoms with van der Waals surface area (Å²) in [5.74, 6) is -0.794. The molecule has 0 aliphatic carbocycles. The van der Waals surface area contributed by atoms with Crippen LogP contribution in [0.15, 0.2) is 58.3 Å². The first kappa shape index (κ1) is 27.0. The summed E-state index contributed by atoms with van der Waals surface area (Å²) in [6.45, 7) is 14.5. The van der Waals surface area contributed by atoms with Crippen LogP contribution in [0.1, 0.15) is 52.7 Å². The fourth-order valence-corrected chi connectivity index (χ4v) is 11.5. The molecule has 2 rings (SSSR count). The SMILES string of the molecule is COC(=O)[C@](C#N)(O[Si](C(C)C)(C(C)C)C(C)C)c1ccccc1S(=O)c1ccc(C)cc1. The summed E-state index contributed by atoms with van der Waals surface area (Å²) in [6.07, 6.45) is 0. The Morgan fingerprint density at radius 3 is 1.94 bits per heavy atom. The van der Waals surface area contributed by atoms with E-state index in [9.17, 15) is 14.3 Å². The van der Waals surface area contributed by atoms with Gasteiger partial charge in [0.1, 0.15) is 6.07 Å². The minimum atomic E-state index is -2.71. The number of rotatable bonds is 9. The van der Waals surface area contributed by atoms with Crippen molar-refractivity contribution in [2.75, 3.05) is 7.11 Å². The van der Waals surface area contributed by atoms with Gasteiger partial charge in [-0.3, -0.25) is 0 Å². The van der Waals surface area contributed by atoms with Gasteiger partial charge < -0.3 is 9.16 Å². The summed E-state index contributed by atoms with van der Waals surface area (Å²) < 4.78 is 25.6. The van der Waals surface area contributed by atoms with Crippen LogP contribution in [0.5, 0.6) is 0 Å². The predicted octanol–water partition coefficient (Wildman–Crippen LogP) is 6.25. The molecule has 1 unspecified atom stereocenters. The van der Waals surface area contributed by atoms with Crippen LogP contribution in [0.3, 0.4) is 0 Å². The summed E-state index contributed by atoms with van der Waals surface area (Å²) in [5, 5.41) is 10.5. The Balaban J connectivity index is 2.82. The highest BCUT2D eigenvalue weighted by Crippen LogP contribution is 2.48. The Kier molecular flexibility index (Phi) is 8.80. The molecular weight excluding hydrogens is 450 g/mol. The van der Waals surface area contributed by atoms with E-state index < -0.39 is 30.7 Å². The Bertz CT molecular complexity index is 1020. The molecule has 2 atom stereocenters. The number of methoxy groups -OCH3 is 1. The molecule has 2 aromatic carbocycles. The van der Waals surface area contributed by atoms with Gasteiger partial charge in [-0.05, 0) is 41.7 Å². The van der Waals surface area contributed by atoms with Crippen LogP contribution in [-0.4, -0.2) is 25.6 Å². The van der Waals surface area contributed by atoms with E-state index >= 15 is 0 Å². The molecule has 0 aliphatic heterocycles. The molecule has 0 amide bonds. The molecule has 0 saturated heterocycles. The maximum absolute atomic E-state index is 13.6. The van der Waals surface area contributed by atoms with Crippen LogP contribution in [0.25, 0.3) is 0 Å². The minimum absolute atomic E-state index is 0.129. The second-order valence-corrected chi connectivity index (χ2v) is 16.1. The van der Waals surface area contributed by atoms with E-state index in [-0.39, 0.29) is 22.2 Å². The summed E-state index contributed by atoms with van der Waals surface area (Å²) in [5.41, 5.74) is -0.303. The summed E-state index contributed by atoms with van der Waals surface area (Å²) in [4.78, 5) is 14.3. The molecule has 0 heterocycles. The van der Waals surface area contributed by atoms with Gasteiger partial charge in [-0.15, -0.1) is 0 Å². The number of nitrogens with zero attached hydrogens (tertiary/aromatic N) is 1. The zero-order chi connectivity index (χ0) is 25.0. The number of carbonyl (C=O) groups excluding carboxylic acids is 1. The highest BCUT2D eigenvalue weighted by atomic mass is 32.2. The highest BCUT2D eigenvalue weighted by Gasteiger charge is 2.56. The summed E-state index contributed by atoms with van der Waals surface area (Å²) in [6, 6.07) is 16.4. The van der Waals surface area contributed by atoms with Crippen molar-refractivity contribution in [3.05, 3.63) is 59.7 Å². The molecule has 0 aromatic heterocycles. The van der Waals surface area contributed by atoms with Crippen molar-refractivity contribution in [3.8, 4) is 6.07 Å². The molecule has 0 spiro atoms. The van der Waals surface area contributed by atoms with Gasteiger partial charge in [0.05, 0.1) is 22.8 Å². The lowest BCUT2D eigenvalue weighted by atomic mass is 9.95. The number of ether oxygens (including phenoxy) is 1. The first-order chi connectivity index (χ1) is 15.5. The van der Waals surface area contributed by atoms with Crippen molar-refractivity contribution >= 4 is 25.1 Å². The maximum Gasteiger partial charge on any atom is 0.357 e. The van der Waals surface area contributed by atoms with Gasteiger partial charge in [-0.25, -0.2) is 9.00 Å². The molecule has 0 bridgehead atoms. The molecule has 0 fully saturated rings. The van der Waals surface area contributed by atoms with Crippen LogP contribution in [-0.2, 0) is 30.4 Å². The number of hydrogen-bond donors (Lipinski definition) is 0. The maximum atomic E-state index is 13.6. The van der Waals surface area contributed by atoms with Gasteiger partial charge in [0.25, 0.3) is 5.60 Å². The number of aryl methyl sites for hydroxylation is 1. The van der Waals surface area contributed by atoms with Crippen LogP contribution in [0.2, 0.25) is 16.6 Å². The molecular formula is C26H35NO4SSi. The second-order valence-electron chi connectivity index (χ2n) is 9.28. The zero-order valence-electron chi connectivity index (χ0n) is 20.8. The number of hydrogen-bond acceptors (Lipinski definition) is 5. The van der Waals surface area contributed by atoms with E-state index in [0.29, 0.717) is 9.79 Å². The third kappa shape index (κ3) is 4.98. The van der Waals surface area contributed by atoms with Crippen molar-refractivity contribution in [2.24, 2.45) is 0 Å². The Hall–Kier alpha value is -2.27. The van der Waals surface area contributed by atoms with Crippen LogP contribution in [0.4, 0.5) is 0 Å². The van der Waals surface area contributed by atoms with Crippen LogP contribution < -0.4 is 0 Å². The lowest BCUT2D eigenvalue weighted by Crippen LogP contribution is -2.56.